The molecule has 2 amide bonds. The maximum atomic E-state index is 12.7. The standard InChI is InChI=1S/C21H38N2O5/c1-13(2)9-7-8-10-17(25)23-18(15(5)24)20(27)22-16(11-14(3)4)19(26)21(6)12-28-21/h13-16,18,24H,7-12H2,1-6H3,(H,22,27)(H,23,25)/t15?,16-,18-,21+/m0/s1. The molecule has 1 heterocycles. The molecule has 1 rings (SSSR count). The molecule has 0 bridgehead atoms. The summed E-state index contributed by atoms with van der Waals surface area (Å²) in [5, 5.41) is 15.3. The molecule has 0 aliphatic carbocycles. The van der Waals surface area contributed by atoms with Crippen molar-refractivity contribution in [2.24, 2.45) is 11.8 Å². The maximum Gasteiger partial charge on any atom is 0.245 e. The van der Waals surface area contributed by atoms with Gasteiger partial charge in [0.05, 0.1) is 18.8 Å². The first-order valence-electron chi connectivity index (χ1n) is 10.4. The maximum absolute atomic E-state index is 12.7. The van der Waals surface area contributed by atoms with Crippen LogP contribution in [0.3, 0.4) is 0 Å². The molecule has 1 unspecified atom stereocenters. The van der Waals surface area contributed by atoms with E-state index in [-0.39, 0.29) is 17.6 Å². The second kappa shape index (κ2) is 10.9. The van der Waals surface area contributed by atoms with Crippen LogP contribution in [0, 0.1) is 11.8 Å². The quantitative estimate of drug-likeness (QED) is 0.325. The average molecular weight is 399 g/mol. The third kappa shape index (κ3) is 8.27. The van der Waals surface area contributed by atoms with Gasteiger partial charge in [0.1, 0.15) is 11.6 Å². The number of nitrogens with one attached hydrogen (secondary N) is 2. The highest BCUT2D eigenvalue weighted by atomic mass is 16.6. The largest absolute Gasteiger partial charge is 0.391 e. The first kappa shape index (κ1) is 24.6. The minimum Gasteiger partial charge on any atom is -0.391 e. The predicted molar refractivity (Wildman–Crippen MR) is 108 cm³/mol. The molecule has 1 fully saturated rings. The van der Waals surface area contributed by atoms with E-state index in [1.165, 1.54) is 6.92 Å². The van der Waals surface area contributed by atoms with Crippen molar-refractivity contribution >= 4 is 17.6 Å². The van der Waals surface area contributed by atoms with Crippen LogP contribution in [-0.2, 0) is 19.1 Å². The number of epoxide rings is 1. The van der Waals surface area contributed by atoms with Crippen molar-refractivity contribution in [1.29, 1.82) is 0 Å². The summed E-state index contributed by atoms with van der Waals surface area (Å²) in [7, 11) is 0. The summed E-state index contributed by atoms with van der Waals surface area (Å²) in [6, 6.07) is -1.79. The number of aliphatic hydroxyl groups is 1. The smallest absolute Gasteiger partial charge is 0.245 e. The summed E-state index contributed by atoms with van der Waals surface area (Å²) < 4.78 is 5.23. The molecule has 162 valence electrons. The highest BCUT2D eigenvalue weighted by Gasteiger charge is 2.50. The predicted octanol–water partition coefficient (Wildman–Crippen LogP) is 1.96. The van der Waals surface area contributed by atoms with Gasteiger partial charge in [-0.3, -0.25) is 14.4 Å². The number of carbonyl (C=O) groups is 3. The molecular formula is C21H38N2O5. The van der Waals surface area contributed by atoms with E-state index < -0.39 is 29.7 Å². The fraction of sp³-hybridized carbons (Fsp3) is 0.857. The number of unbranched alkanes of at least 4 members (excludes halogenated alkanes) is 1. The van der Waals surface area contributed by atoms with Crippen molar-refractivity contribution in [3.8, 4) is 0 Å². The van der Waals surface area contributed by atoms with Crippen molar-refractivity contribution in [2.75, 3.05) is 6.61 Å². The number of hydrogen-bond donors (Lipinski definition) is 3. The van der Waals surface area contributed by atoms with E-state index in [0.717, 1.165) is 19.3 Å². The summed E-state index contributed by atoms with van der Waals surface area (Å²) in [5.74, 6) is -0.203. The van der Waals surface area contributed by atoms with Gasteiger partial charge < -0.3 is 20.5 Å². The Hall–Kier alpha value is -1.47. The van der Waals surface area contributed by atoms with Gasteiger partial charge in [-0.1, -0.05) is 40.5 Å². The Balaban J connectivity index is 2.65. The van der Waals surface area contributed by atoms with Gasteiger partial charge in [0.15, 0.2) is 5.78 Å². The van der Waals surface area contributed by atoms with Gasteiger partial charge in [0.25, 0.3) is 0 Å². The third-order valence-corrected chi connectivity index (χ3v) is 4.96. The van der Waals surface area contributed by atoms with Crippen molar-refractivity contribution in [3.63, 3.8) is 0 Å². The van der Waals surface area contributed by atoms with Gasteiger partial charge in [-0.25, -0.2) is 0 Å². The molecule has 0 spiro atoms. The molecule has 0 aromatic rings. The lowest BCUT2D eigenvalue weighted by Crippen LogP contribution is -2.57. The van der Waals surface area contributed by atoms with Crippen LogP contribution in [0.5, 0.6) is 0 Å². The van der Waals surface area contributed by atoms with Crippen LogP contribution in [-0.4, -0.2) is 53.1 Å². The van der Waals surface area contributed by atoms with E-state index in [1.54, 1.807) is 6.92 Å². The Kier molecular flexibility index (Phi) is 9.57. The molecule has 0 saturated carbocycles. The highest BCUT2D eigenvalue weighted by molar-refractivity contribution is 5.98. The Morgan fingerprint density at radius 3 is 2.11 bits per heavy atom. The van der Waals surface area contributed by atoms with Crippen LogP contribution < -0.4 is 10.6 Å². The Morgan fingerprint density at radius 2 is 1.64 bits per heavy atom. The number of amides is 2. The lowest BCUT2D eigenvalue weighted by Gasteiger charge is -2.26. The average Bonchev–Trinajstić information content (AvgIpc) is 3.33. The van der Waals surface area contributed by atoms with E-state index in [9.17, 15) is 19.5 Å². The third-order valence-electron chi connectivity index (χ3n) is 4.96. The molecule has 1 saturated heterocycles. The zero-order valence-electron chi connectivity index (χ0n) is 18.2. The van der Waals surface area contributed by atoms with Crippen LogP contribution in [0.2, 0.25) is 0 Å². The van der Waals surface area contributed by atoms with Crippen LogP contribution in [0.25, 0.3) is 0 Å². The summed E-state index contributed by atoms with van der Waals surface area (Å²) in [6.07, 6.45) is 2.45. The lowest BCUT2D eigenvalue weighted by molar-refractivity contribution is -0.135. The minimum atomic E-state index is -1.09. The Morgan fingerprint density at radius 1 is 1.04 bits per heavy atom. The van der Waals surface area contributed by atoms with Crippen LogP contribution >= 0.6 is 0 Å². The number of ketones is 1. The van der Waals surface area contributed by atoms with E-state index in [2.05, 4.69) is 24.5 Å². The van der Waals surface area contributed by atoms with Gasteiger partial charge in [-0.2, -0.15) is 0 Å². The molecule has 0 aromatic carbocycles. The fourth-order valence-corrected chi connectivity index (χ4v) is 3.07. The van der Waals surface area contributed by atoms with E-state index in [0.29, 0.717) is 25.4 Å². The zero-order valence-corrected chi connectivity index (χ0v) is 18.2. The number of hydrogen-bond acceptors (Lipinski definition) is 5. The normalized spacial score (nSPS) is 21.9. The molecule has 1 aliphatic rings. The van der Waals surface area contributed by atoms with Gasteiger partial charge >= 0.3 is 0 Å². The molecule has 4 atom stereocenters. The SMILES string of the molecule is CC(C)CCCCC(=O)N[C@H](C(=O)N[C@@H](CC(C)C)C(=O)[C@@]1(C)CO1)C(C)O. The van der Waals surface area contributed by atoms with Crippen molar-refractivity contribution in [1.82, 2.24) is 10.6 Å². The Bertz CT molecular complexity index is 541. The number of Topliss-reactive ketones (excluding diaryl/α,β-unsaturated/α-hetero) is 1. The van der Waals surface area contributed by atoms with Crippen molar-refractivity contribution < 1.29 is 24.2 Å². The summed E-state index contributed by atoms with van der Waals surface area (Å²) in [6.45, 7) is 11.7. The van der Waals surface area contributed by atoms with Crippen LogP contribution in [0.4, 0.5) is 0 Å². The van der Waals surface area contributed by atoms with E-state index in [1.807, 2.05) is 13.8 Å². The molecule has 7 nitrogen and oxygen atoms in total. The zero-order chi connectivity index (χ0) is 21.5. The fourth-order valence-electron chi connectivity index (χ4n) is 3.07. The monoisotopic (exact) mass is 398 g/mol. The molecule has 1 aliphatic heterocycles. The van der Waals surface area contributed by atoms with Gasteiger partial charge in [0.2, 0.25) is 11.8 Å². The molecule has 0 radical (unpaired) electrons. The number of ether oxygens (including phenoxy) is 1. The number of rotatable bonds is 13. The second-order valence-electron chi connectivity index (χ2n) is 9.00. The first-order valence-corrected chi connectivity index (χ1v) is 10.4. The molecular weight excluding hydrogens is 360 g/mol. The van der Waals surface area contributed by atoms with Crippen LogP contribution in [0.15, 0.2) is 0 Å². The molecule has 0 aromatic heterocycles. The summed E-state index contributed by atoms with van der Waals surface area (Å²) in [4.78, 5) is 37.5. The van der Waals surface area contributed by atoms with Crippen molar-refractivity contribution in [3.05, 3.63) is 0 Å². The minimum absolute atomic E-state index is 0.168. The highest BCUT2D eigenvalue weighted by Crippen LogP contribution is 2.29. The van der Waals surface area contributed by atoms with E-state index >= 15 is 0 Å². The van der Waals surface area contributed by atoms with Gasteiger partial charge in [-0.15, -0.1) is 0 Å². The lowest BCUT2D eigenvalue weighted by atomic mass is 9.93. The van der Waals surface area contributed by atoms with Crippen LogP contribution in [0.1, 0.15) is 73.6 Å². The summed E-state index contributed by atoms with van der Waals surface area (Å²) >= 11 is 0. The Labute approximate surface area is 169 Å². The molecule has 28 heavy (non-hydrogen) atoms. The number of carbonyl (C=O) groups excluding carboxylic acids is 3. The first-order chi connectivity index (χ1) is 13.0. The number of aliphatic hydroxyl groups excluding tert-OH is 1. The van der Waals surface area contributed by atoms with Gasteiger partial charge in [0, 0.05) is 6.42 Å². The van der Waals surface area contributed by atoms with E-state index in [4.69, 9.17) is 4.74 Å². The second-order valence-corrected chi connectivity index (χ2v) is 9.00. The molecule has 7 heteroatoms. The van der Waals surface area contributed by atoms with Crippen molar-refractivity contribution in [2.45, 2.75) is 97.4 Å². The summed E-state index contributed by atoms with van der Waals surface area (Å²) in [5.41, 5.74) is -0.840. The molecule has 3 N–H and O–H groups in total. The van der Waals surface area contributed by atoms with Gasteiger partial charge in [-0.05, 0) is 38.5 Å². The topological polar surface area (TPSA) is 108 Å².